The molecule has 0 aliphatic heterocycles. The van der Waals surface area contributed by atoms with E-state index in [2.05, 4.69) is 0 Å². The van der Waals surface area contributed by atoms with Gasteiger partial charge in [-0.25, -0.2) is 0 Å². The molecule has 4 heteroatoms. The minimum absolute atomic E-state index is 0. The zero-order valence-corrected chi connectivity index (χ0v) is 5.94. The van der Waals surface area contributed by atoms with Gasteiger partial charge in [-0.3, -0.25) is 0 Å². The summed E-state index contributed by atoms with van der Waals surface area (Å²) >= 11 is 0. The Morgan fingerprint density at radius 3 is 0.750 bits per heavy atom. The first-order valence-corrected chi connectivity index (χ1v) is 0. The smallest absolute Gasteiger partial charge is 2.00 e. The third kappa shape index (κ3) is 8.88. The summed E-state index contributed by atoms with van der Waals surface area (Å²) < 4.78 is 0. The average Bonchev–Trinajstić information content (AvgIpc) is 0. The molecule has 4 heavy (non-hydrogen) atoms. The minimum atomic E-state index is 0. The van der Waals surface area contributed by atoms with Crippen LogP contribution in [0.5, 0.6) is 0 Å². The average molecular weight is 160 g/mol. The van der Waals surface area contributed by atoms with Gasteiger partial charge in [0.15, 0.2) is 0 Å². The molecule has 0 aromatic rings. The second-order valence-corrected chi connectivity index (χ2v) is 0. The molecule has 0 saturated heterocycles. The van der Waals surface area contributed by atoms with E-state index in [1.54, 1.807) is 0 Å². The molecule has 0 rings (SSSR count). The monoisotopic (exact) mass is 158 g/mol. The largest absolute Gasteiger partial charge is 2.00 e. The van der Waals surface area contributed by atoms with Gasteiger partial charge in [-0.05, 0) is 0 Å². The second-order valence-electron chi connectivity index (χ2n) is 0. The Labute approximate surface area is 73.0 Å². The molecule has 0 saturated carbocycles. The van der Waals surface area contributed by atoms with Gasteiger partial charge in [0.25, 0.3) is 0 Å². The van der Waals surface area contributed by atoms with Crippen molar-refractivity contribution in [2.75, 3.05) is 0 Å². The summed E-state index contributed by atoms with van der Waals surface area (Å²) in [7, 11) is 0. The number of hydrogen-bond acceptors (Lipinski definition) is 0. The third-order valence-electron chi connectivity index (χ3n) is 0. The van der Waals surface area contributed by atoms with Crippen LogP contribution in [-0.2, 0) is 19.5 Å². The molecule has 0 bridgehead atoms. The molecule has 0 heterocycles. The van der Waals surface area contributed by atoms with Crippen molar-refractivity contribution in [3.05, 3.63) is 0 Å². The molecule has 0 spiro atoms. The van der Waals surface area contributed by atoms with Crippen molar-refractivity contribution in [3.63, 3.8) is 0 Å². The van der Waals surface area contributed by atoms with Crippen LogP contribution in [0, 0.1) is 0 Å². The standard InChI is InChI=1S/2ClH.Na.Zn.H/h2*1H;;;/q;;;+2;/p-2. The fourth-order valence-corrected chi connectivity index (χ4v) is 0. The van der Waals surface area contributed by atoms with Crippen LogP contribution in [0.3, 0.4) is 0 Å². The summed E-state index contributed by atoms with van der Waals surface area (Å²) in [6.07, 6.45) is 0. The fourth-order valence-electron chi connectivity index (χ4n) is 0. The first kappa shape index (κ1) is 34.6. The van der Waals surface area contributed by atoms with Crippen molar-refractivity contribution < 1.29 is 44.3 Å². The number of hydrogen-bond donors (Lipinski definition) is 0. The molecule has 0 atom stereocenters. The summed E-state index contributed by atoms with van der Waals surface area (Å²) in [5.41, 5.74) is 0. The van der Waals surface area contributed by atoms with Crippen molar-refractivity contribution in [2.24, 2.45) is 0 Å². The van der Waals surface area contributed by atoms with E-state index in [1.807, 2.05) is 0 Å². The molecule has 0 fully saturated rings. The maximum absolute atomic E-state index is 0. The van der Waals surface area contributed by atoms with Crippen molar-refractivity contribution in [3.8, 4) is 0 Å². The first-order chi connectivity index (χ1) is 0. The van der Waals surface area contributed by atoms with E-state index < -0.39 is 0 Å². The van der Waals surface area contributed by atoms with Gasteiger partial charge in [0.2, 0.25) is 0 Å². The van der Waals surface area contributed by atoms with Gasteiger partial charge in [-0.2, -0.15) is 0 Å². The summed E-state index contributed by atoms with van der Waals surface area (Å²) in [5, 5.41) is 0. The van der Waals surface area contributed by atoms with Gasteiger partial charge < -0.3 is 24.8 Å². The minimum Gasteiger partial charge on any atom is 2.00 e. The van der Waals surface area contributed by atoms with E-state index in [-0.39, 0.29) is 73.8 Å². The van der Waals surface area contributed by atoms with E-state index in [9.17, 15) is 0 Å². The maximum Gasteiger partial charge on any atom is 2.00 e. The van der Waals surface area contributed by atoms with Crippen molar-refractivity contribution >= 4 is 29.6 Å². The Balaban J connectivity index is 0. The first-order valence-electron chi connectivity index (χ1n) is 0. The van der Waals surface area contributed by atoms with Gasteiger partial charge >= 0.3 is 49.0 Å². The van der Waals surface area contributed by atoms with Crippen LogP contribution in [0.15, 0.2) is 0 Å². The predicted octanol–water partition coefficient (Wildman–Crippen LogP) is -6.64. The topological polar surface area (TPSA) is 0 Å². The summed E-state index contributed by atoms with van der Waals surface area (Å²) in [6.45, 7) is 0. The molecule has 0 nitrogen and oxygen atoms in total. The van der Waals surface area contributed by atoms with Crippen molar-refractivity contribution in [2.45, 2.75) is 0 Å². The molecule has 18 valence electrons. The number of halogens is 2. The Morgan fingerprint density at radius 1 is 0.750 bits per heavy atom. The van der Waals surface area contributed by atoms with Crippen LogP contribution in [0.1, 0.15) is 0 Å². The van der Waals surface area contributed by atoms with Crippen LogP contribution >= 0.6 is 0 Å². The molecule has 0 aliphatic carbocycles. The summed E-state index contributed by atoms with van der Waals surface area (Å²) in [5.74, 6) is 0. The zero-order valence-electron chi connectivity index (χ0n) is 1.46. The van der Waals surface area contributed by atoms with Crippen LogP contribution in [0.25, 0.3) is 0 Å². The fraction of sp³-hybridized carbons (Fsp3) is 0. The Kier molecular flexibility index (Phi) is 164. The number of rotatable bonds is 0. The Bertz CT molecular complexity index is 6.00. The Hall–Kier alpha value is 2.20. The molecule has 0 unspecified atom stereocenters. The molecule has 0 amide bonds. The second kappa shape index (κ2) is 18.9. The summed E-state index contributed by atoms with van der Waals surface area (Å²) in [4.78, 5) is 0. The van der Waals surface area contributed by atoms with E-state index in [0.29, 0.717) is 0 Å². The van der Waals surface area contributed by atoms with Crippen LogP contribution in [0.4, 0.5) is 0 Å². The normalized spacial score (nSPS) is 0. The molecule has 0 N–H and O–H groups in total. The SMILES string of the molecule is [Cl-].[Cl-].[NaH].[Zn+2]. The third-order valence-corrected chi connectivity index (χ3v) is 0. The van der Waals surface area contributed by atoms with Gasteiger partial charge in [-0.1, -0.05) is 0 Å². The molecular formula is HCl2NaZn. The van der Waals surface area contributed by atoms with Crippen molar-refractivity contribution in [1.82, 2.24) is 0 Å². The summed E-state index contributed by atoms with van der Waals surface area (Å²) in [6, 6.07) is 0. The van der Waals surface area contributed by atoms with E-state index in [1.165, 1.54) is 0 Å². The van der Waals surface area contributed by atoms with E-state index in [0.717, 1.165) is 0 Å². The van der Waals surface area contributed by atoms with Crippen LogP contribution in [0.2, 0.25) is 0 Å². The molecule has 0 radical (unpaired) electrons. The predicted molar refractivity (Wildman–Crippen MR) is 7.15 cm³/mol. The molecule has 0 aliphatic rings. The zero-order chi connectivity index (χ0) is 0. The quantitative estimate of drug-likeness (QED) is 0.309. The van der Waals surface area contributed by atoms with Gasteiger partial charge in [0.05, 0.1) is 0 Å². The van der Waals surface area contributed by atoms with Gasteiger partial charge in [-0.15, -0.1) is 0 Å². The van der Waals surface area contributed by atoms with Crippen molar-refractivity contribution in [1.29, 1.82) is 0 Å². The van der Waals surface area contributed by atoms with Gasteiger partial charge in [0.1, 0.15) is 0 Å². The van der Waals surface area contributed by atoms with Crippen LogP contribution < -0.4 is 24.8 Å². The van der Waals surface area contributed by atoms with Crippen LogP contribution in [-0.4, -0.2) is 29.6 Å². The van der Waals surface area contributed by atoms with Gasteiger partial charge in [0, 0.05) is 0 Å². The van der Waals surface area contributed by atoms with E-state index >= 15 is 0 Å². The maximum atomic E-state index is 0. The Morgan fingerprint density at radius 2 is 0.750 bits per heavy atom. The molecule has 0 aromatic carbocycles. The van der Waals surface area contributed by atoms with E-state index in [4.69, 9.17) is 0 Å². The molecular weight excluding hydrogens is 159 g/mol. The molecule has 0 aromatic heterocycles.